The van der Waals surface area contributed by atoms with Gasteiger partial charge in [0, 0.05) is 21.9 Å². The molecule has 1 aliphatic heterocycles. The van der Waals surface area contributed by atoms with Gasteiger partial charge in [-0.1, -0.05) is 103 Å². The zero-order chi connectivity index (χ0) is 25.5. The molecule has 0 aromatic heterocycles. The third-order valence-electron chi connectivity index (χ3n) is 8.38. The molecule has 1 nitrogen and oxygen atoms in total. The Hall–Kier alpha value is -5.14. The van der Waals surface area contributed by atoms with Gasteiger partial charge in [-0.05, 0) is 84.5 Å². The second-order valence-corrected chi connectivity index (χ2v) is 10.5. The van der Waals surface area contributed by atoms with Crippen molar-refractivity contribution in [3.05, 3.63) is 133 Å². The topological polar surface area (TPSA) is 9.23 Å². The van der Waals surface area contributed by atoms with Crippen molar-refractivity contribution in [2.24, 2.45) is 0 Å². The molecule has 0 N–H and O–H groups in total. The summed E-state index contributed by atoms with van der Waals surface area (Å²) in [6.07, 6.45) is 0. The fraction of sp³-hybridized carbons (Fsp3) is 0. The second-order valence-electron chi connectivity index (χ2n) is 10.5. The number of hydrogen-bond donors (Lipinski definition) is 0. The highest BCUT2D eigenvalue weighted by atomic mass is 16.5. The molecule has 9 rings (SSSR count). The molecule has 0 unspecified atom stereocenters. The van der Waals surface area contributed by atoms with Crippen molar-refractivity contribution in [3.8, 4) is 33.8 Å². The maximum atomic E-state index is 6.88. The van der Waals surface area contributed by atoms with E-state index in [0.29, 0.717) is 0 Å². The van der Waals surface area contributed by atoms with Gasteiger partial charge in [0.1, 0.15) is 11.5 Å². The monoisotopic (exact) mass is 494 g/mol. The van der Waals surface area contributed by atoms with Crippen molar-refractivity contribution in [2.45, 2.75) is 0 Å². The number of fused-ring (bicyclic) bond motifs is 8. The molecule has 0 saturated heterocycles. The van der Waals surface area contributed by atoms with Crippen LogP contribution >= 0.6 is 0 Å². The van der Waals surface area contributed by atoms with E-state index in [4.69, 9.17) is 4.74 Å². The van der Waals surface area contributed by atoms with Crippen LogP contribution in [0.3, 0.4) is 0 Å². The van der Waals surface area contributed by atoms with Gasteiger partial charge in [0.05, 0.1) is 0 Å². The molecule has 1 heteroatoms. The molecular weight excluding hydrogens is 472 g/mol. The van der Waals surface area contributed by atoms with Crippen LogP contribution < -0.4 is 4.74 Å². The van der Waals surface area contributed by atoms with Crippen LogP contribution in [0.25, 0.3) is 76.1 Å². The van der Waals surface area contributed by atoms with E-state index in [1.807, 2.05) is 0 Å². The van der Waals surface area contributed by atoms with Gasteiger partial charge in [0.15, 0.2) is 0 Å². The average molecular weight is 495 g/mol. The third kappa shape index (κ3) is 2.96. The van der Waals surface area contributed by atoms with Gasteiger partial charge in [-0.15, -0.1) is 0 Å². The van der Waals surface area contributed by atoms with Gasteiger partial charge < -0.3 is 4.74 Å². The first-order chi connectivity index (χ1) is 19.3. The van der Waals surface area contributed by atoms with E-state index in [1.54, 1.807) is 0 Å². The van der Waals surface area contributed by atoms with E-state index in [1.165, 1.54) is 54.0 Å². The van der Waals surface area contributed by atoms with Gasteiger partial charge >= 0.3 is 0 Å². The molecule has 0 bridgehead atoms. The fourth-order valence-corrected chi connectivity index (χ4v) is 6.49. The number of hydrogen-bond acceptors (Lipinski definition) is 1. The molecule has 0 radical (unpaired) electrons. The molecule has 0 saturated carbocycles. The summed E-state index contributed by atoms with van der Waals surface area (Å²) in [4.78, 5) is 0. The predicted molar refractivity (Wildman–Crippen MR) is 165 cm³/mol. The minimum Gasteiger partial charge on any atom is -0.455 e. The third-order valence-corrected chi connectivity index (χ3v) is 8.38. The Morgan fingerprint density at radius 1 is 0.333 bits per heavy atom. The van der Waals surface area contributed by atoms with Crippen LogP contribution in [0.5, 0.6) is 11.5 Å². The SMILES string of the molecule is c1ccc2c3c(ccc2c1)-c1cccc2ccc(-c4ccc5cc6c(ccc7ccccc76)cc5c4)c(c12)O3. The van der Waals surface area contributed by atoms with Crippen LogP contribution in [0.15, 0.2) is 133 Å². The Bertz CT molecular complexity index is 2310. The van der Waals surface area contributed by atoms with E-state index in [2.05, 4.69) is 133 Å². The molecular formula is C38H22O. The Labute approximate surface area is 225 Å². The van der Waals surface area contributed by atoms with Crippen molar-refractivity contribution in [1.82, 2.24) is 0 Å². The number of benzene rings is 8. The van der Waals surface area contributed by atoms with Crippen molar-refractivity contribution in [3.63, 3.8) is 0 Å². The van der Waals surface area contributed by atoms with Crippen LogP contribution in [0.2, 0.25) is 0 Å². The van der Waals surface area contributed by atoms with Gasteiger partial charge in [0.2, 0.25) is 0 Å². The van der Waals surface area contributed by atoms with E-state index in [9.17, 15) is 0 Å². The normalized spacial score (nSPS) is 12.3. The summed E-state index contributed by atoms with van der Waals surface area (Å²) in [5.74, 6) is 1.89. The summed E-state index contributed by atoms with van der Waals surface area (Å²) in [6, 6.07) is 48.4. The molecule has 0 spiro atoms. The van der Waals surface area contributed by atoms with Crippen LogP contribution in [0.4, 0.5) is 0 Å². The van der Waals surface area contributed by atoms with E-state index in [0.717, 1.165) is 33.6 Å². The average Bonchev–Trinajstić information content (AvgIpc) is 3.00. The molecule has 1 heterocycles. The summed E-state index contributed by atoms with van der Waals surface area (Å²) in [5, 5.41) is 12.3. The molecule has 1 aliphatic rings. The van der Waals surface area contributed by atoms with Crippen molar-refractivity contribution in [1.29, 1.82) is 0 Å². The molecule has 8 aromatic rings. The maximum Gasteiger partial charge on any atom is 0.143 e. The zero-order valence-corrected chi connectivity index (χ0v) is 21.1. The van der Waals surface area contributed by atoms with Gasteiger partial charge in [-0.25, -0.2) is 0 Å². The lowest BCUT2D eigenvalue weighted by molar-refractivity contribution is 0.494. The van der Waals surface area contributed by atoms with Gasteiger partial charge in [-0.2, -0.15) is 0 Å². The van der Waals surface area contributed by atoms with Crippen LogP contribution in [0.1, 0.15) is 0 Å². The molecule has 0 atom stereocenters. The lowest BCUT2D eigenvalue weighted by Gasteiger charge is -2.25. The van der Waals surface area contributed by atoms with Gasteiger partial charge in [0.25, 0.3) is 0 Å². The standard InChI is InChI=1S/C38H22O/c1-3-9-30-23(6-1)12-14-28-21-29-20-27(15-13-26(29)22-35(28)30)32-18-17-25-8-5-11-33-34-19-16-24-7-2-4-10-31(24)37(34)39-38(32)36(25)33/h1-22H. The smallest absolute Gasteiger partial charge is 0.143 e. The van der Waals surface area contributed by atoms with Crippen LogP contribution in [-0.2, 0) is 0 Å². The summed E-state index contributed by atoms with van der Waals surface area (Å²) in [5.41, 5.74) is 4.67. The highest BCUT2D eigenvalue weighted by Crippen LogP contribution is 2.52. The minimum absolute atomic E-state index is 0.943. The fourth-order valence-electron chi connectivity index (χ4n) is 6.49. The Morgan fingerprint density at radius 2 is 1.03 bits per heavy atom. The van der Waals surface area contributed by atoms with Gasteiger partial charge in [-0.3, -0.25) is 0 Å². The lowest BCUT2D eigenvalue weighted by atomic mass is 9.89. The lowest BCUT2D eigenvalue weighted by Crippen LogP contribution is -2.00. The highest BCUT2D eigenvalue weighted by Gasteiger charge is 2.24. The minimum atomic E-state index is 0.943. The maximum absolute atomic E-state index is 6.88. The largest absolute Gasteiger partial charge is 0.455 e. The van der Waals surface area contributed by atoms with E-state index >= 15 is 0 Å². The molecule has 8 aromatic carbocycles. The molecule has 180 valence electrons. The van der Waals surface area contributed by atoms with Crippen LogP contribution in [0, 0.1) is 0 Å². The first kappa shape index (κ1) is 20.9. The second kappa shape index (κ2) is 7.69. The first-order valence-corrected chi connectivity index (χ1v) is 13.4. The highest BCUT2D eigenvalue weighted by molar-refractivity contribution is 6.13. The first-order valence-electron chi connectivity index (χ1n) is 13.4. The summed E-state index contributed by atoms with van der Waals surface area (Å²) < 4.78 is 6.88. The quantitative estimate of drug-likeness (QED) is 0.163. The summed E-state index contributed by atoms with van der Waals surface area (Å²) in [6.45, 7) is 0. The number of ether oxygens (including phenoxy) is 1. The van der Waals surface area contributed by atoms with E-state index < -0.39 is 0 Å². The Balaban J connectivity index is 1.29. The summed E-state index contributed by atoms with van der Waals surface area (Å²) >= 11 is 0. The predicted octanol–water partition coefficient (Wildman–Crippen LogP) is 10.9. The zero-order valence-electron chi connectivity index (χ0n) is 21.1. The number of rotatable bonds is 1. The van der Waals surface area contributed by atoms with Crippen molar-refractivity contribution >= 4 is 53.9 Å². The molecule has 0 aliphatic carbocycles. The van der Waals surface area contributed by atoms with E-state index in [-0.39, 0.29) is 0 Å². The van der Waals surface area contributed by atoms with Crippen molar-refractivity contribution < 1.29 is 4.74 Å². The van der Waals surface area contributed by atoms with Crippen molar-refractivity contribution in [2.75, 3.05) is 0 Å². The molecule has 0 amide bonds. The molecule has 0 fully saturated rings. The Kier molecular flexibility index (Phi) is 4.11. The molecule has 39 heavy (non-hydrogen) atoms. The summed E-state index contributed by atoms with van der Waals surface area (Å²) in [7, 11) is 0. The Morgan fingerprint density at radius 3 is 1.95 bits per heavy atom. The van der Waals surface area contributed by atoms with Crippen LogP contribution in [-0.4, -0.2) is 0 Å².